The van der Waals surface area contributed by atoms with E-state index in [2.05, 4.69) is 10.4 Å². The van der Waals surface area contributed by atoms with E-state index >= 15 is 0 Å². The van der Waals surface area contributed by atoms with Crippen LogP contribution in [0.15, 0.2) is 30.3 Å². The molecule has 0 bridgehead atoms. The van der Waals surface area contributed by atoms with Gasteiger partial charge in [-0.2, -0.15) is 5.10 Å². The molecule has 1 N–H and O–H groups in total. The van der Waals surface area contributed by atoms with Crippen molar-refractivity contribution in [2.24, 2.45) is 7.05 Å². The fourth-order valence-electron chi connectivity index (χ4n) is 1.77. The third kappa shape index (κ3) is 4.08. The second-order valence-electron chi connectivity index (χ2n) is 4.61. The zero-order valence-electron chi connectivity index (χ0n) is 12.3. The van der Waals surface area contributed by atoms with E-state index in [1.54, 1.807) is 36.9 Å². The molecule has 22 heavy (non-hydrogen) atoms. The minimum absolute atomic E-state index is 0.236. The van der Waals surface area contributed by atoms with Gasteiger partial charge in [0.2, 0.25) is 0 Å². The number of aromatic nitrogens is 2. The largest absolute Gasteiger partial charge is 0.456 e. The van der Waals surface area contributed by atoms with Crippen LogP contribution in [-0.4, -0.2) is 28.3 Å². The van der Waals surface area contributed by atoms with Gasteiger partial charge in [0.05, 0.1) is 5.69 Å². The fourth-order valence-corrected chi connectivity index (χ4v) is 1.90. The van der Waals surface area contributed by atoms with Gasteiger partial charge in [0.15, 0.2) is 6.61 Å². The Balaban J connectivity index is 2.05. The molecule has 1 heterocycles. The molecule has 0 aliphatic rings. The zero-order valence-corrected chi connectivity index (χ0v) is 13.1. The molecule has 1 aromatic carbocycles. The number of nitrogens with one attached hydrogen (secondary N) is 1. The molecular formula is C15H16ClN3O3. The van der Waals surface area contributed by atoms with E-state index in [0.29, 0.717) is 16.5 Å². The summed E-state index contributed by atoms with van der Waals surface area (Å²) in [7, 11) is 1.72. The zero-order chi connectivity index (χ0) is 16.1. The number of carbonyl (C=O) groups excluding carboxylic acids is 2. The summed E-state index contributed by atoms with van der Waals surface area (Å²) >= 11 is 5.85. The lowest BCUT2D eigenvalue weighted by atomic mass is 10.1. The second kappa shape index (κ2) is 7.09. The van der Waals surface area contributed by atoms with Gasteiger partial charge in [-0.25, -0.2) is 0 Å². The lowest BCUT2D eigenvalue weighted by Gasteiger charge is -2.05. The van der Waals surface area contributed by atoms with Crippen LogP contribution in [0.5, 0.6) is 0 Å². The van der Waals surface area contributed by atoms with E-state index in [1.807, 2.05) is 12.1 Å². The number of carbonyl (C=O) groups is 2. The number of hydrogen-bond acceptors (Lipinski definition) is 4. The number of aryl methyl sites for hydroxylation is 1. The van der Waals surface area contributed by atoms with Crippen molar-refractivity contribution in [3.8, 4) is 11.3 Å². The summed E-state index contributed by atoms with van der Waals surface area (Å²) < 4.78 is 6.32. The lowest BCUT2D eigenvalue weighted by Crippen LogP contribution is -2.21. The highest BCUT2D eigenvalue weighted by Crippen LogP contribution is 2.22. The summed E-state index contributed by atoms with van der Waals surface area (Å²) in [4.78, 5) is 22.8. The highest BCUT2D eigenvalue weighted by atomic mass is 35.5. The molecule has 0 unspecified atom stereocenters. The number of anilines is 1. The number of nitrogens with zero attached hydrogens (tertiary/aromatic N) is 2. The highest BCUT2D eigenvalue weighted by Gasteiger charge is 2.11. The lowest BCUT2D eigenvalue weighted by molar-refractivity contribution is -0.146. The Hall–Kier alpha value is -2.34. The van der Waals surface area contributed by atoms with Crippen LogP contribution in [0.4, 0.5) is 5.82 Å². The van der Waals surface area contributed by atoms with Crippen LogP contribution in [0.2, 0.25) is 5.02 Å². The molecule has 2 aromatic rings. The van der Waals surface area contributed by atoms with Gasteiger partial charge in [0, 0.05) is 30.1 Å². The predicted octanol–water partition coefficient (Wildman–Crippen LogP) is 2.63. The first-order valence-electron chi connectivity index (χ1n) is 6.75. The predicted molar refractivity (Wildman–Crippen MR) is 83.5 cm³/mol. The maximum absolute atomic E-state index is 11.7. The maximum atomic E-state index is 11.7. The number of amides is 1. The monoisotopic (exact) mass is 321 g/mol. The van der Waals surface area contributed by atoms with Gasteiger partial charge >= 0.3 is 5.97 Å². The van der Waals surface area contributed by atoms with Crippen molar-refractivity contribution >= 4 is 29.3 Å². The molecule has 1 aromatic heterocycles. The summed E-state index contributed by atoms with van der Waals surface area (Å²) in [6, 6.07) is 8.98. The molecule has 0 atom stereocenters. The number of rotatable bonds is 5. The second-order valence-corrected chi connectivity index (χ2v) is 5.04. The van der Waals surface area contributed by atoms with Crippen molar-refractivity contribution in [3.05, 3.63) is 35.4 Å². The maximum Gasteiger partial charge on any atom is 0.306 e. The van der Waals surface area contributed by atoms with Crippen LogP contribution in [-0.2, 0) is 21.4 Å². The van der Waals surface area contributed by atoms with E-state index in [4.69, 9.17) is 16.3 Å². The van der Waals surface area contributed by atoms with Gasteiger partial charge in [0.25, 0.3) is 5.91 Å². The fraction of sp³-hybridized carbons (Fsp3) is 0.267. The van der Waals surface area contributed by atoms with E-state index in [-0.39, 0.29) is 13.0 Å². The first-order valence-corrected chi connectivity index (χ1v) is 7.13. The van der Waals surface area contributed by atoms with Crippen molar-refractivity contribution in [1.29, 1.82) is 0 Å². The average molecular weight is 322 g/mol. The van der Waals surface area contributed by atoms with Crippen molar-refractivity contribution in [2.45, 2.75) is 13.3 Å². The number of halogens is 1. The summed E-state index contributed by atoms with van der Waals surface area (Å²) in [5.74, 6) is -0.308. The third-order valence-electron chi connectivity index (χ3n) is 2.94. The Kier molecular flexibility index (Phi) is 5.16. The SMILES string of the molecule is CCC(=O)OCC(=O)Nc1cc(-c2ccc(Cl)cc2)nn1C. The minimum Gasteiger partial charge on any atom is -0.456 e. The van der Waals surface area contributed by atoms with Crippen molar-refractivity contribution < 1.29 is 14.3 Å². The number of esters is 1. The summed E-state index contributed by atoms with van der Waals surface area (Å²) in [6.07, 6.45) is 0.236. The molecule has 0 fully saturated rings. The Morgan fingerprint density at radius 2 is 2.00 bits per heavy atom. The third-order valence-corrected chi connectivity index (χ3v) is 3.19. The molecule has 0 saturated heterocycles. The molecule has 0 aliphatic carbocycles. The van der Waals surface area contributed by atoms with Gasteiger partial charge in [0.1, 0.15) is 5.82 Å². The van der Waals surface area contributed by atoms with Gasteiger partial charge < -0.3 is 10.1 Å². The number of hydrogen-bond donors (Lipinski definition) is 1. The molecule has 116 valence electrons. The average Bonchev–Trinajstić information content (AvgIpc) is 2.86. The van der Waals surface area contributed by atoms with E-state index in [1.165, 1.54) is 0 Å². The van der Waals surface area contributed by atoms with Crippen LogP contribution in [0, 0.1) is 0 Å². The summed E-state index contributed by atoms with van der Waals surface area (Å²) in [5.41, 5.74) is 1.60. The van der Waals surface area contributed by atoms with Crippen molar-refractivity contribution in [1.82, 2.24) is 9.78 Å². The van der Waals surface area contributed by atoms with Crippen molar-refractivity contribution in [2.75, 3.05) is 11.9 Å². The molecule has 2 rings (SSSR count). The first-order chi connectivity index (χ1) is 10.5. The topological polar surface area (TPSA) is 73.2 Å². The van der Waals surface area contributed by atoms with E-state index in [9.17, 15) is 9.59 Å². The molecule has 0 spiro atoms. The molecule has 0 aliphatic heterocycles. The van der Waals surface area contributed by atoms with Crippen molar-refractivity contribution in [3.63, 3.8) is 0 Å². The Morgan fingerprint density at radius 3 is 2.64 bits per heavy atom. The normalized spacial score (nSPS) is 10.3. The van der Waals surface area contributed by atoms with Crippen LogP contribution < -0.4 is 5.32 Å². The van der Waals surface area contributed by atoms with Gasteiger partial charge in [-0.1, -0.05) is 30.7 Å². The first kappa shape index (κ1) is 16.0. The smallest absolute Gasteiger partial charge is 0.306 e. The van der Waals surface area contributed by atoms with Crippen LogP contribution in [0.25, 0.3) is 11.3 Å². The van der Waals surface area contributed by atoms with Gasteiger partial charge in [-0.05, 0) is 12.1 Å². The van der Waals surface area contributed by atoms with E-state index < -0.39 is 11.9 Å². The molecule has 0 radical (unpaired) electrons. The standard InChI is InChI=1S/C15H16ClN3O3/c1-3-15(21)22-9-14(20)17-13-8-12(18-19(13)2)10-4-6-11(16)7-5-10/h4-8H,3,9H2,1-2H3,(H,17,20). The van der Waals surface area contributed by atoms with Gasteiger partial charge in [-0.15, -0.1) is 0 Å². The number of benzene rings is 1. The quantitative estimate of drug-likeness (QED) is 0.859. The van der Waals surface area contributed by atoms with Crippen LogP contribution in [0.3, 0.4) is 0 Å². The molecule has 7 heteroatoms. The molecule has 0 saturated carbocycles. The molecular weight excluding hydrogens is 306 g/mol. The minimum atomic E-state index is -0.415. The Bertz CT molecular complexity index is 680. The Morgan fingerprint density at radius 1 is 1.32 bits per heavy atom. The summed E-state index contributed by atoms with van der Waals surface area (Å²) in [5, 5.41) is 7.62. The summed E-state index contributed by atoms with van der Waals surface area (Å²) in [6.45, 7) is 1.36. The van der Waals surface area contributed by atoms with Crippen LogP contribution >= 0.6 is 11.6 Å². The Labute approximate surface area is 133 Å². The highest BCUT2D eigenvalue weighted by molar-refractivity contribution is 6.30. The number of ether oxygens (including phenoxy) is 1. The van der Waals surface area contributed by atoms with E-state index in [0.717, 1.165) is 5.56 Å². The molecule has 1 amide bonds. The van der Waals surface area contributed by atoms with Gasteiger partial charge in [-0.3, -0.25) is 14.3 Å². The van der Waals surface area contributed by atoms with Crippen LogP contribution in [0.1, 0.15) is 13.3 Å². The molecule has 6 nitrogen and oxygen atoms in total.